The Bertz CT molecular complexity index is 567. The molecule has 21 heavy (non-hydrogen) atoms. The number of aliphatic hydroxyl groups is 1. The van der Waals surface area contributed by atoms with E-state index in [1.165, 1.54) is 0 Å². The van der Waals surface area contributed by atoms with Gasteiger partial charge in [0.1, 0.15) is 5.75 Å². The quantitative estimate of drug-likeness (QED) is 0.843. The predicted molar refractivity (Wildman–Crippen MR) is 81.3 cm³/mol. The summed E-state index contributed by atoms with van der Waals surface area (Å²) in [5.41, 5.74) is 1.32. The second-order valence-electron chi connectivity index (χ2n) is 5.01. The largest absolute Gasteiger partial charge is 0.495 e. The number of hydrogen-bond donors (Lipinski definition) is 1. The zero-order chi connectivity index (χ0) is 15.2. The summed E-state index contributed by atoms with van der Waals surface area (Å²) in [6.45, 7) is 2.75. The number of amides is 1. The van der Waals surface area contributed by atoms with Gasteiger partial charge in [0.25, 0.3) is 5.91 Å². The molecule has 0 saturated heterocycles. The van der Waals surface area contributed by atoms with Crippen molar-refractivity contribution in [3.63, 3.8) is 0 Å². The second-order valence-corrected chi connectivity index (χ2v) is 5.01. The van der Waals surface area contributed by atoms with E-state index < -0.39 is 0 Å². The molecule has 0 unspecified atom stereocenters. The Morgan fingerprint density at radius 1 is 1.48 bits per heavy atom. The Kier molecular flexibility index (Phi) is 5.24. The van der Waals surface area contributed by atoms with Crippen molar-refractivity contribution in [3.05, 3.63) is 29.3 Å². The zero-order valence-corrected chi connectivity index (χ0v) is 12.6. The second kappa shape index (κ2) is 7.14. The van der Waals surface area contributed by atoms with Gasteiger partial charge >= 0.3 is 0 Å². The molecule has 0 aliphatic heterocycles. The minimum absolute atomic E-state index is 0.0270. The monoisotopic (exact) mass is 287 g/mol. The first-order chi connectivity index (χ1) is 10.2. The molecule has 112 valence electrons. The van der Waals surface area contributed by atoms with Crippen molar-refractivity contribution in [2.24, 2.45) is 0 Å². The number of ether oxygens (including phenoxy) is 1. The van der Waals surface area contributed by atoms with Crippen LogP contribution in [0, 0.1) is 11.8 Å². The van der Waals surface area contributed by atoms with Gasteiger partial charge in [-0.15, -0.1) is 0 Å². The first-order valence-corrected chi connectivity index (χ1v) is 7.30. The summed E-state index contributed by atoms with van der Waals surface area (Å²) < 4.78 is 5.27. The van der Waals surface area contributed by atoms with E-state index in [9.17, 15) is 4.79 Å². The van der Waals surface area contributed by atoms with Gasteiger partial charge in [0.15, 0.2) is 0 Å². The van der Waals surface area contributed by atoms with Gasteiger partial charge in [0, 0.05) is 24.6 Å². The summed E-state index contributed by atoms with van der Waals surface area (Å²) in [6, 6.07) is 5.73. The first-order valence-electron chi connectivity index (χ1n) is 7.30. The Hall–Kier alpha value is -1.99. The van der Waals surface area contributed by atoms with Gasteiger partial charge < -0.3 is 14.7 Å². The fraction of sp³-hybridized carbons (Fsp3) is 0.471. The normalized spacial score (nSPS) is 13.3. The maximum absolute atomic E-state index is 12.5. The van der Waals surface area contributed by atoms with Crippen LogP contribution in [0.4, 0.5) is 0 Å². The summed E-state index contributed by atoms with van der Waals surface area (Å²) in [7, 11) is 1.58. The SMILES string of the molecule is CCN(C(=O)c1ccc(OC)c(C#CCCO)c1)C1CC1. The third kappa shape index (κ3) is 3.77. The number of benzene rings is 1. The van der Waals surface area contributed by atoms with Crippen LogP contribution in [-0.4, -0.2) is 42.2 Å². The Labute approximate surface area is 125 Å². The predicted octanol–water partition coefficient (Wildman–Crippen LogP) is 2.05. The van der Waals surface area contributed by atoms with Gasteiger partial charge in [-0.25, -0.2) is 0 Å². The third-order valence-corrected chi connectivity index (χ3v) is 3.50. The summed E-state index contributed by atoms with van der Waals surface area (Å²) in [6.07, 6.45) is 2.60. The molecule has 1 aliphatic rings. The number of hydrogen-bond acceptors (Lipinski definition) is 3. The van der Waals surface area contributed by atoms with E-state index in [-0.39, 0.29) is 12.5 Å². The number of methoxy groups -OCH3 is 1. The summed E-state index contributed by atoms with van der Waals surface area (Å²) in [5, 5.41) is 8.79. The lowest BCUT2D eigenvalue weighted by Gasteiger charge is -2.20. The molecule has 2 rings (SSSR count). The van der Waals surface area contributed by atoms with Gasteiger partial charge in [0.2, 0.25) is 0 Å². The fourth-order valence-corrected chi connectivity index (χ4v) is 2.27. The summed E-state index contributed by atoms with van der Waals surface area (Å²) in [4.78, 5) is 14.4. The van der Waals surface area contributed by atoms with Crippen molar-refractivity contribution in [2.45, 2.75) is 32.2 Å². The number of rotatable bonds is 5. The zero-order valence-electron chi connectivity index (χ0n) is 12.6. The molecule has 0 radical (unpaired) electrons. The lowest BCUT2D eigenvalue weighted by Crippen LogP contribution is -2.32. The molecule has 1 fully saturated rings. The van der Waals surface area contributed by atoms with E-state index in [1.807, 2.05) is 11.8 Å². The maximum Gasteiger partial charge on any atom is 0.254 e. The van der Waals surface area contributed by atoms with E-state index >= 15 is 0 Å². The van der Waals surface area contributed by atoms with Gasteiger partial charge in [-0.05, 0) is 38.0 Å². The number of nitrogens with zero attached hydrogens (tertiary/aromatic N) is 1. The first kappa shape index (κ1) is 15.4. The molecule has 4 nitrogen and oxygen atoms in total. The number of carbonyl (C=O) groups is 1. The van der Waals surface area contributed by atoms with Crippen LogP contribution in [0.25, 0.3) is 0 Å². The van der Waals surface area contributed by atoms with Gasteiger partial charge in [-0.3, -0.25) is 4.79 Å². The average Bonchev–Trinajstić information content (AvgIpc) is 3.33. The van der Waals surface area contributed by atoms with Crippen LogP contribution in [0.15, 0.2) is 18.2 Å². The van der Waals surface area contributed by atoms with E-state index in [4.69, 9.17) is 9.84 Å². The third-order valence-electron chi connectivity index (χ3n) is 3.50. The van der Waals surface area contributed by atoms with E-state index in [0.717, 1.165) is 19.4 Å². The molecule has 0 bridgehead atoms. The van der Waals surface area contributed by atoms with Crippen LogP contribution in [-0.2, 0) is 0 Å². The molecule has 0 heterocycles. The van der Waals surface area contributed by atoms with Gasteiger partial charge in [-0.2, -0.15) is 0 Å². The lowest BCUT2D eigenvalue weighted by atomic mass is 10.1. The maximum atomic E-state index is 12.5. The average molecular weight is 287 g/mol. The molecule has 1 aliphatic carbocycles. The lowest BCUT2D eigenvalue weighted by molar-refractivity contribution is 0.0752. The molecule has 1 saturated carbocycles. The minimum atomic E-state index is 0.0270. The van der Waals surface area contributed by atoms with Crippen LogP contribution in [0.1, 0.15) is 42.1 Å². The Morgan fingerprint density at radius 3 is 2.81 bits per heavy atom. The molecule has 1 N–H and O–H groups in total. The van der Waals surface area contributed by atoms with Crippen LogP contribution in [0.5, 0.6) is 5.75 Å². The standard InChI is InChI=1S/C17H21NO3/c1-3-18(15-8-9-15)17(20)14-7-10-16(21-2)13(12-14)6-4-5-11-19/h7,10,12,15,19H,3,5,8-9,11H2,1-2H3. The highest BCUT2D eigenvalue weighted by atomic mass is 16.5. The number of carbonyl (C=O) groups excluding carboxylic acids is 1. The molecule has 4 heteroatoms. The van der Waals surface area contributed by atoms with Gasteiger partial charge in [-0.1, -0.05) is 11.8 Å². The van der Waals surface area contributed by atoms with Crippen LogP contribution < -0.4 is 4.74 Å². The van der Waals surface area contributed by atoms with E-state index in [2.05, 4.69) is 11.8 Å². The Balaban J connectivity index is 2.26. The highest BCUT2D eigenvalue weighted by molar-refractivity contribution is 5.95. The summed E-state index contributed by atoms with van der Waals surface area (Å²) >= 11 is 0. The van der Waals surface area contributed by atoms with Crippen LogP contribution in [0.3, 0.4) is 0 Å². The topological polar surface area (TPSA) is 49.8 Å². The summed E-state index contributed by atoms with van der Waals surface area (Å²) in [5.74, 6) is 6.52. The molecule has 1 aromatic carbocycles. The molecule has 0 spiro atoms. The fourth-order valence-electron chi connectivity index (χ4n) is 2.27. The van der Waals surface area contributed by atoms with Crippen LogP contribution >= 0.6 is 0 Å². The molecular formula is C17H21NO3. The highest BCUT2D eigenvalue weighted by Gasteiger charge is 2.31. The smallest absolute Gasteiger partial charge is 0.254 e. The molecular weight excluding hydrogens is 266 g/mol. The van der Waals surface area contributed by atoms with E-state index in [1.54, 1.807) is 25.3 Å². The van der Waals surface area contributed by atoms with Gasteiger partial charge in [0.05, 0.1) is 19.3 Å². The van der Waals surface area contributed by atoms with Crippen molar-refractivity contribution in [2.75, 3.05) is 20.3 Å². The van der Waals surface area contributed by atoms with Crippen molar-refractivity contribution in [3.8, 4) is 17.6 Å². The Morgan fingerprint density at radius 2 is 2.24 bits per heavy atom. The van der Waals surface area contributed by atoms with E-state index in [0.29, 0.717) is 29.3 Å². The van der Waals surface area contributed by atoms with Crippen molar-refractivity contribution >= 4 is 5.91 Å². The van der Waals surface area contributed by atoms with Crippen LogP contribution in [0.2, 0.25) is 0 Å². The highest BCUT2D eigenvalue weighted by Crippen LogP contribution is 2.28. The van der Waals surface area contributed by atoms with Crippen molar-refractivity contribution < 1.29 is 14.6 Å². The molecule has 0 atom stereocenters. The minimum Gasteiger partial charge on any atom is -0.495 e. The molecule has 1 amide bonds. The number of aliphatic hydroxyl groups excluding tert-OH is 1. The molecule has 0 aromatic heterocycles. The van der Waals surface area contributed by atoms with Crippen molar-refractivity contribution in [1.29, 1.82) is 0 Å². The molecule has 1 aromatic rings. The van der Waals surface area contributed by atoms with Crippen molar-refractivity contribution in [1.82, 2.24) is 4.90 Å².